The van der Waals surface area contributed by atoms with Crippen molar-refractivity contribution >= 4 is 28.9 Å². The van der Waals surface area contributed by atoms with Crippen molar-refractivity contribution in [2.75, 3.05) is 14.1 Å². The van der Waals surface area contributed by atoms with Crippen molar-refractivity contribution in [3.63, 3.8) is 0 Å². The summed E-state index contributed by atoms with van der Waals surface area (Å²) < 4.78 is 2.15. The first-order chi connectivity index (χ1) is 11.1. The van der Waals surface area contributed by atoms with E-state index in [2.05, 4.69) is 79.8 Å². The predicted octanol–water partition coefficient (Wildman–Crippen LogP) is 4.59. The molecule has 23 heavy (non-hydrogen) atoms. The average Bonchev–Trinajstić information content (AvgIpc) is 2.57. The number of hydrogen-bond donors (Lipinski definition) is 0. The molecule has 3 aromatic carbocycles. The summed E-state index contributed by atoms with van der Waals surface area (Å²) in [6, 6.07) is 21.0. The van der Waals surface area contributed by atoms with E-state index in [1.807, 2.05) is 18.2 Å². The van der Waals surface area contributed by atoms with Crippen LogP contribution in [0.1, 0.15) is 16.7 Å². The van der Waals surface area contributed by atoms with Gasteiger partial charge < -0.3 is 0 Å². The first kappa shape index (κ1) is 15.2. The molecule has 0 aliphatic carbocycles. The average molecular weight is 301 g/mol. The van der Waals surface area contributed by atoms with Crippen LogP contribution in [-0.4, -0.2) is 31.1 Å². The van der Waals surface area contributed by atoms with E-state index in [4.69, 9.17) is 0 Å². The molecule has 0 atom stereocenters. The summed E-state index contributed by atoms with van der Waals surface area (Å²) in [5, 5.41) is 2.55. The third-order valence-electron chi connectivity index (χ3n) is 4.23. The van der Waals surface area contributed by atoms with Crippen molar-refractivity contribution in [1.82, 2.24) is 0 Å². The topological polar surface area (TPSA) is 15.4 Å². The van der Waals surface area contributed by atoms with Crippen LogP contribution < -0.4 is 0 Å². The van der Waals surface area contributed by atoms with E-state index < -0.39 is 0 Å². The zero-order valence-corrected chi connectivity index (χ0v) is 13.9. The van der Waals surface area contributed by atoms with Gasteiger partial charge in [0.25, 0.3) is 0 Å². The van der Waals surface area contributed by atoms with Gasteiger partial charge in [0.15, 0.2) is 0 Å². The SMILES string of the molecule is C=Nc1ccccc1C(c1ccc2ccccc2c1C)=[N+](C)C. The number of aliphatic imine (C=N–C) groups is 1. The largest absolute Gasteiger partial charge is 0.264 e. The van der Waals surface area contributed by atoms with E-state index >= 15 is 0 Å². The maximum Gasteiger partial charge on any atom is 0.216 e. The van der Waals surface area contributed by atoms with E-state index in [-0.39, 0.29) is 0 Å². The van der Waals surface area contributed by atoms with Crippen molar-refractivity contribution in [1.29, 1.82) is 0 Å². The number of para-hydroxylation sites is 1. The van der Waals surface area contributed by atoms with Gasteiger partial charge in [0.1, 0.15) is 14.1 Å². The molecule has 2 nitrogen and oxygen atoms in total. The van der Waals surface area contributed by atoms with E-state index in [1.54, 1.807) is 0 Å². The van der Waals surface area contributed by atoms with E-state index in [1.165, 1.54) is 21.9 Å². The summed E-state index contributed by atoms with van der Waals surface area (Å²) in [5.41, 5.74) is 5.68. The van der Waals surface area contributed by atoms with Gasteiger partial charge in [-0.3, -0.25) is 4.99 Å². The summed E-state index contributed by atoms with van der Waals surface area (Å²) in [7, 11) is 4.15. The Morgan fingerprint density at radius 3 is 2.30 bits per heavy atom. The van der Waals surface area contributed by atoms with Gasteiger partial charge in [-0.1, -0.05) is 42.5 Å². The van der Waals surface area contributed by atoms with Crippen molar-refractivity contribution in [2.24, 2.45) is 4.99 Å². The minimum absolute atomic E-state index is 0.906. The Morgan fingerprint density at radius 1 is 0.870 bits per heavy atom. The molecule has 114 valence electrons. The van der Waals surface area contributed by atoms with Gasteiger partial charge in [-0.05, 0) is 48.2 Å². The van der Waals surface area contributed by atoms with Crippen molar-refractivity contribution in [3.05, 3.63) is 77.4 Å². The van der Waals surface area contributed by atoms with Crippen LogP contribution in [0.4, 0.5) is 5.69 Å². The fourth-order valence-corrected chi connectivity index (χ4v) is 3.12. The molecule has 3 aromatic rings. The number of hydrogen-bond acceptors (Lipinski definition) is 1. The molecular formula is C21H21N2+. The van der Waals surface area contributed by atoms with Crippen LogP contribution in [-0.2, 0) is 0 Å². The van der Waals surface area contributed by atoms with Crippen LogP contribution in [0, 0.1) is 6.92 Å². The molecule has 3 rings (SSSR count). The second kappa shape index (κ2) is 6.17. The summed E-state index contributed by atoms with van der Waals surface area (Å²) in [6.07, 6.45) is 0. The van der Waals surface area contributed by atoms with Gasteiger partial charge in [0.05, 0.1) is 11.3 Å². The number of nitrogens with zero attached hydrogens (tertiary/aromatic N) is 2. The number of rotatable bonds is 3. The molecular weight excluding hydrogens is 280 g/mol. The molecule has 0 aliphatic rings. The lowest BCUT2D eigenvalue weighted by atomic mass is 9.93. The first-order valence-corrected chi connectivity index (χ1v) is 7.72. The lowest BCUT2D eigenvalue weighted by Gasteiger charge is -2.12. The van der Waals surface area contributed by atoms with Gasteiger partial charge in [-0.2, -0.15) is 0 Å². The Bertz CT molecular complexity index is 916. The molecule has 0 aromatic heterocycles. The molecule has 0 saturated heterocycles. The van der Waals surface area contributed by atoms with Gasteiger partial charge in [0, 0.05) is 5.56 Å². The van der Waals surface area contributed by atoms with Gasteiger partial charge >= 0.3 is 0 Å². The fourth-order valence-electron chi connectivity index (χ4n) is 3.12. The maximum atomic E-state index is 4.19. The molecule has 0 radical (unpaired) electrons. The molecule has 0 aliphatic heterocycles. The second-order valence-corrected chi connectivity index (χ2v) is 5.88. The summed E-state index contributed by atoms with van der Waals surface area (Å²) in [6.45, 7) is 5.90. The molecule has 0 saturated carbocycles. The Labute approximate surface area is 137 Å². The second-order valence-electron chi connectivity index (χ2n) is 5.88. The molecule has 0 heterocycles. The monoisotopic (exact) mass is 301 g/mol. The Balaban J connectivity index is 2.31. The molecule has 0 unspecified atom stereocenters. The van der Waals surface area contributed by atoms with Crippen molar-refractivity contribution in [3.8, 4) is 0 Å². The fraction of sp³-hybridized carbons (Fsp3) is 0.143. The predicted molar refractivity (Wildman–Crippen MR) is 99.7 cm³/mol. The summed E-state index contributed by atoms with van der Waals surface area (Å²) >= 11 is 0. The van der Waals surface area contributed by atoms with Crippen LogP contribution in [0.25, 0.3) is 10.8 Å². The third-order valence-corrected chi connectivity index (χ3v) is 4.23. The van der Waals surface area contributed by atoms with Gasteiger partial charge in [-0.25, -0.2) is 4.58 Å². The highest BCUT2D eigenvalue weighted by molar-refractivity contribution is 6.15. The lowest BCUT2D eigenvalue weighted by Crippen LogP contribution is -2.18. The smallest absolute Gasteiger partial charge is 0.216 e. The summed E-state index contributed by atoms with van der Waals surface area (Å²) in [5.74, 6) is 0. The first-order valence-electron chi connectivity index (χ1n) is 7.72. The van der Waals surface area contributed by atoms with Crippen LogP contribution in [0.15, 0.2) is 65.7 Å². The molecule has 0 bridgehead atoms. The maximum absolute atomic E-state index is 4.19. The molecule has 0 spiro atoms. The van der Waals surface area contributed by atoms with Crippen molar-refractivity contribution < 1.29 is 4.58 Å². The minimum Gasteiger partial charge on any atom is -0.264 e. The van der Waals surface area contributed by atoms with E-state index in [0.717, 1.165) is 17.0 Å². The van der Waals surface area contributed by atoms with Crippen LogP contribution >= 0.6 is 0 Å². The van der Waals surface area contributed by atoms with Crippen LogP contribution in [0.3, 0.4) is 0 Å². The minimum atomic E-state index is 0.906. The van der Waals surface area contributed by atoms with E-state index in [0.29, 0.717) is 0 Å². The number of aryl methyl sites for hydroxylation is 1. The molecule has 0 fully saturated rings. The highest BCUT2D eigenvalue weighted by atomic mass is 14.9. The number of fused-ring (bicyclic) bond motifs is 1. The van der Waals surface area contributed by atoms with E-state index in [9.17, 15) is 0 Å². The van der Waals surface area contributed by atoms with Crippen molar-refractivity contribution in [2.45, 2.75) is 6.92 Å². The summed E-state index contributed by atoms with van der Waals surface area (Å²) in [4.78, 5) is 4.19. The molecule has 0 N–H and O–H groups in total. The Kier molecular flexibility index (Phi) is 4.07. The van der Waals surface area contributed by atoms with Gasteiger partial charge in [-0.15, -0.1) is 0 Å². The quantitative estimate of drug-likeness (QED) is 0.497. The van der Waals surface area contributed by atoms with Gasteiger partial charge in [0.2, 0.25) is 5.71 Å². The lowest BCUT2D eigenvalue weighted by molar-refractivity contribution is -0.463. The Hall–Kier alpha value is -2.74. The highest BCUT2D eigenvalue weighted by Gasteiger charge is 2.20. The molecule has 0 amide bonds. The standard InChI is InChI=1S/C21H21N2/c1-15-17-10-6-5-9-16(17)13-14-18(15)21(23(3)4)19-11-7-8-12-20(19)22-2/h5-14H,2H2,1,3-4H3/q+1. The normalized spacial score (nSPS) is 10.6. The Morgan fingerprint density at radius 2 is 1.57 bits per heavy atom. The number of benzene rings is 3. The van der Waals surface area contributed by atoms with Crippen LogP contribution in [0.2, 0.25) is 0 Å². The zero-order valence-electron chi connectivity index (χ0n) is 13.9. The van der Waals surface area contributed by atoms with Crippen LogP contribution in [0.5, 0.6) is 0 Å². The highest BCUT2D eigenvalue weighted by Crippen LogP contribution is 2.27. The third kappa shape index (κ3) is 2.68. The molecule has 2 heteroatoms. The zero-order chi connectivity index (χ0) is 16.4.